The Morgan fingerprint density at radius 3 is 2.44 bits per heavy atom. The summed E-state index contributed by atoms with van der Waals surface area (Å²) in [6.07, 6.45) is 5.26. The fraction of sp³-hybridized carbons (Fsp3) is 0.571. The minimum Gasteiger partial charge on any atom is -0.404 e. The predicted octanol–water partition coefficient (Wildman–Crippen LogP) is 5.27. The van der Waals surface area contributed by atoms with Crippen molar-refractivity contribution < 1.29 is 14.0 Å². The highest BCUT2D eigenvalue weighted by Gasteiger charge is 2.48. The molecule has 2 atom stereocenters. The van der Waals surface area contributed by atoms with Gasteiger partial charge < -0.3 is 9.16 Å². The van der Waals surface area contributed by atoms with Crippen molar-refractivity contribution in [3.63, 3.8) is 0 Å². The third kappa shape index (κ3) is 4.90. The number of ether oxygens (including phenoxy) is 1. The van der Waals surface area contributed by atoms with Crippen LogP contribution in [0.15, 0.2) is 42.5 Å². The zero-order valence-corrected chi connectivity index (χ0v) is 17.5. The lowest BCUT2D eigenvalue weighted by atomic mass is 9.84. The molecule has 0 aromatic heterocycles. The normalized spacial score (nSPS) is 24.3. The van der Waals surface area contributed by atoms with Crippen molar-refractivity contribution in [1.82, 2.24) is 0 Å². The summed E-state index contributed by atoms with van der Waals surface area (Å²) in [5, 5.41) is 0.0665. The fourth-order valence-electron chi connectivity index (χ4n) is 2.86. The number of ketones is 1. The summed E-state index contributed by atoms with van der Waals surface area (Å²) in [7, 11) is -2.05. The molecule has 0 heterocycles. The quantitative estimate of drug-likeness (QED) is 0.512. The average Bonchev–Trinajstić information content (AvgIpc) is 2.52. The van der Waals surface area contributed by atoms with Crippen LogP contribution in [-0.2, 0) is 20.6 Å². The second-order valence-electron chi connectivity index (χ2n) is 8.58. The molecule has 0 saturated heterocycles. The zero-order chi connectivity index (χ0) is 18.7. The molecule has 0 bridgehead atoms. The van der Waals surface area contributed by atoms with Crippen LogP contribution < -0.4 is 0 Å². The van der Waals surface area contributed by atoms with Crippen LogP contribution in [0.5, 0.6) is 0 Å². The van der Waals surface area contributed by atoms with E-state index in [9.17, 15) is 4.79 Å². The first-order chi connectivity index (χ1) is 11.6. The van der Waals surface area contributed by atoms with Crippen LogP contribution in [0.4, 0.5) is 0 Å². The Hall–Kier alpha value is -1.23. The molecule has 1 aliphatic carbocycles. The van der Waals surface area contributed by atoms with Crippen LogP contribution in [0.25, 0.3) is 0 Å². The summed E-state index contributed by atoms with van der Waals surface area (Å²) in [6, 6.07) is 10.1. The molecule has 1 aromatic rings. The predicted molar refractivity (Wildman–Crippen MR) is 105 cm³/mol. The van der Waals surface area contributed by atoms with Crippen molar-refractivity contribution in [3.05, 3.63) is 48.0 Å². The van der Waals surface area contributed by atoms with Crippen molar-refractivity contribution in [2.45, 2.75) is 77.0 Å². The first kappa shape index (κ1) is 20.1. The van der Waals surface area contributed by atoms with Gasteiger partial charge in [-0.1, -0.05) is 63.3 Å². The maximum absolute atomic E-state index is 12.6. The van der Waals surface area contributed by atoms with Gasteiger partial charge >= 0.3 is 0 Å². The minimum atomic E-state index is -2.05. The average molecular weight is 361 g/mol. The van der Waals surface area contributed by atoms with Crippen LogP contribution in [0, 0.1) is 0 Å². The highest BCUT2D eigenvalue weighted by Crippen LogP contribution is 2.42. The number of hydrogen-bond donors (Lipinski definition) is 0. The van der Waals surface area contributed by atoms with Gasteiger partial charge in [-0.05, 0) is 30.6 Å². The maximum atomic E-state index is 12.6. The van der Waals surface area contributed by atoms with E-state index in [2.05, 4.69) is 52.1 Å². The minimum absolute atomic E-state index is 0.0665. The summed E-state index contributed by atoms with van der Waals surface area (Å²) in [4.78, 5) is 12.6. The number of carbonyl (C=O) groups is 1. The number of rotatable bonds is 6. The van der Waals surface area contributed by atoms with Crippen molar-refractivity contribution in [3.8, 4) is 0 Å². The summed E-state index contributed by atoms with van der Waals surface area (Å²) in [5.74, 6) is 0.106. The Bertz CT molecular complexity index is 616. The lowest BCUT2D eigenvalue weighted by Gasteiger charge is -2.46. The molecule has 0 N–H and O–H groups in total. The molecule has 0 radical (unpaired) electrons. The SMILES string of the molecule is CC(=O)[C@]1(O[Si](C)(C)C(C)(C)C)CC=C[C@H](OCc2ccccc2)C1. The molecular weight excluding hydrogens is 328 g/mol. The van der Waals surface area contributed by atoms with Gasteiger partial charge in [0.05, 0.1) is 12.7 Å². The van der Waals surface area contributed by atoms with Gasteiger partial charge in [-0.25, -0.2) is 0 Å². The molecule has 1 aromatic carbocycles. The second kappa shape index (κ2) is 7.56. The molecule has 0 amide bonds. The van der Waals surface area contributed by atoms with Gasteiger partial charge in [0.15, 0.2) is 14.1 Å². The molecular formula is C21H32O3Si. The van der Waals surface area contributed by atoms with E-state index < -0.39 is 13.9 Å². The lowest BCUT2D eigenvalue weighted by Crippen LogP contribution is -2.55. The van der Waals surface area contributed by atoms with E-state index in [1.165, 1.54) is 0 Å². The first-order valence-electron chi connectivity index (χ1n) is 9.09. The zero-order valence-electron chi connectivity index (χ0n) is 16.5. The van der Waals surface area contributed by atoms with E-state index in [1.807, 2.05) is 24.3 Å². The Morgan fingerprint density at radius 1 is 1.24 bits per heavy atom. The standard InChI is InChI=1S/C21H32O3Si/c1-17(22)21(24-25(5,6)20(2,3)4)14-10-13-19(15-21)23-16-18-11-8-7-9-12-18/h7-13,19H,14-16H2,1-6H3/t19-,21-/m0/s1. The van der Waals surface area contributed by atoms with Crippen molar-refractivity contribution in [1.29, 1.82) is 0 Å². The Labute approximate surface area is 153 Å². The van der Waals surface area contributed by atoms with E-state index in [1.54, 1.807) is 6.92 Å². The highest BCUT2D eigenvalue weighted by atomic mass is 28.4. The second-order valence-corrected chi connectivity index (χ2v) is 13.3. The molecule has 0 aliphatic heterocycles. The monoisotopic (exact) mass is 360 g/mol. The molecule has 3 nitrogen and oxygen atoms in total. The van der Waals surface area contributed by atoms with Crippen LogP contribution >= 0.6 is 0 Å². The maximum Gasteiger partial charge on any atom is 0.193 e. The summed E-state index contributed by atoms with van der Waals surface area (Å²) in [6.45, 7) is 13.2. The Morgan fingerprint density at radius 2 is 1.88 bits per heavy atom. The molecule has 138 valence electrons. The van der Waals surface area contributed by atoms with Crippen molar-refractivity contribution in [2.24, 2.45) is 0 Å². The Kier molecular flexibility index (Phi) is 6.08. The molecule has 0 saturated carbocycles. The number of Topliss-reactive ketones (excluding diaryl/α,β-unsaturated/α-hetero) is 1. The van der Waals surface area contributed by atoms with Gasteiger partial charge in [0.2, 0.25) is 0 Å². The number of carbonyl (C=O) groups excluding carboxylic acids is 1. The van der Waals surface area contributed by atoms with Crippen molar-refractivity contribution >= 4 is 14.1 Å². The van der Waals surface area contributed by atoms with Gasteiger partial charge in [0.25, 0.3) is 0 Å². The smallest absolute Gasteiger partial charge is 0.193 e. The summed E-state index contributed by atoms with van der Waals surface area (Å²) in [5.41, 5.74) is 0.388. The van der Waals surface area contributed by atoms with E-state index in [0.717, 1.165) is 5.56 Å². The van der Waals surface area contributed by atoms with Crippen molar-refractivity contribution in [2.75, 3.05) is 0 Å². The van der Waals surface area contributed by atoms with Crippen LogP contribution in [0.1, 0.15) is 46.1 Å². The van der Waals surface area contributed by atoms with Crippen LogP contribution in [-0.4, -0.2) is 25.8 Å². The molecule has 0 unspecified atom stereocenters. The first-order valence-corrected chi connectivity index (χ1v) is 12.0. The van der Waals surface area contributed by atoms with E-state index in [0.29, 0.717) is 19.4 Å². The van der Waals surface area contributed by atoms with Crippen LogP contribution in [0.2, 0.25) is 18.1 Å². The largest absolute Gasteiger partial charge is 0.404 e. The third-order valence-electron chi connectivity index (χ3n) is 5.53. The molecule has 4 heteroatoms. The Balaban J connectivity index is 2.12. The highest BCUT2D eigenvalue weighted by molar-refractivity contribution is 6.74. The molecule has 0 fully saturated rings. The van der Waals surface area contributed by atoms with Gasteiger partial charge in [0.1, 0.15) is 5.60 Å². The molecule has 1 aliphatic rings. The number of benzene rings is 1. The fourth-order valence-corrected chi connectivity index (χ4v) is 4.46. The van der Waals surface area contributed by atoms with Gasteiger partial charge in [-0.3, -0.25) is 4.79 Å². The molecule has 0 spiro atoms. The topological polar surface area (TPSA) is 35.5 Å². The number of hydrogen-bond acceptors (Lipinski definition) is 3. The third-order valence-corrected chi connectivity index (χ3v) is 10.0. The van der Waals surface area contributed by atoms with Gasteiger partial charge in [0, 0.05) is 12.8 Å². The molecule has 25 heavy (non-hydrogen) atoms. The van der Waals surface area contributed by atoms with E-state index in [4.69, 9.17) is 9.16 Å². The van der Waals surface area contributed by atoms with E-state index in [-0.39, 0.29) is 16.9 Å². The van der Waals surface area contributed by atoms with E-state index >= 15 is 0 Å². The molecule has 2 rings (SSSR count). The van der Waals surface area contributed by atoms with Gasteiger partial charge in [-0.15, -0.1) is 0 Å². The summed E-state index contributed by atoms with van der Waals surface area (Å²) < 4.78 is 12.7. The van der Waals surface area contributed by atoms with Gasteiger partial charge in [-0.2, -0.15) is 0 Å². The van der Waals surface area contributed by atoms with Crippen LogP contribution in [0.3, 0.4) is 0 Å². The lowest BCUT2D eigenvalue weighted by molar-refractivity contribution is -0.137. The summed E-state index contributed by atoms with van der Waals surface area (Å²) >= 11 is 0.